The van der Waals surface area contributed by atoms with Gasteiger partial charge in [0.15, 0.2) is 6.29 Å². The van der Waals surface area contributed by atoms with Gasteiger partial charge in [-0.05, 0) is 90.8 Å². The van der Waals surface area contributed by atoms with E-state index in [-0.39, 0.29) is 24.8 Å². The van der Waals surface area contributed by atoms with Crippen LogP contribution in [0, 0.1) is 0 Å². The molecule has 3 heterocycles. The SMILES string of the molecule is O=C(NCc1ccccc1)NCc1cccc(-c2cccc([C@H]3O[C@@H](CN4CCC[C@H]4CN4CCCC4)C[C@@H](c4ccc(CO)cc4)O3)c2)c1. The maximum absolute atomic E-state index is 12.5. The first kappa shape index (κ1) is 34.4. The second-order valence-electron chi connectivity index (χ2n) is 14.0. The first-order chi connectivity index (χ1) is 24.6. The first-order valence-electron chi connectivity index (χ1n) is 18.3. The summed E-state index contributed by atoms with van der Waals surface area (Å²) in [6, 6.07) is 35.2. The fourth-order valence-corrected chi connectivity index (χ4v) is 7.65. The topological polar surface area (TPSA) is 86.3 Å². The van der Waals surface area contributed by atoms with Gasteiger partial charge < -0.3 is 30.1 Å². The molecule has 8 heteroatoms. The molecule has 0 bridgehead atoms. The standard InChI is InChI=1S/C42H50N4O4/c47-30-32-16-18-34(19-17-32)40-25-39(29-46-22-8-15-38(46)28-45-20-4-5-21-45)49-41(50-40)37-14-7-13-36(24-37)35-12-6-11-33(23-35)27-44-42(48)43-26-31-9-2-1-3-10-31/h1-3,6-7,9-14,16-19,23-24,38-41,47H,4-5,8,15,20-22,25-30H2,(H2,43,44,48)/t38-,39+,40-,41-/m0/s1. The molecule has 0 spiro atoms. The zero-order valence-corrected chi connectivity index (χ0v) is 28.9. The molecule has 262 valence electrons. The fourth-order valence-electron chi connectivity index (χ4n) is 7.65. The van der Waals surface area contributed by atoms with Gasteiger partial charge in [-0.3, -0.25) is 4.90 Å². The lowest BCUT2D eigenvalue weighted by atomic mass is 9.98. The Morgan fingerprint density at radius 1 is 0.700 bits per heavy atom. The molecule has 3 aliphatic rings. The lowest BCUT2D eigenvalue weighted by Crippen LogP contribution is -2.45. The van der Waals surface area contributed by atoms with Crippen molar-refractivity contribution in [3.05, 3.63) is 131 Å². The second kappa shape index (κ2) is 16.8. The Labute approximate surface area is 296 Å². The van der Waals surface area contributed by atoms with Crippen LogP contribution >= 0.6 is 0 Å². The molecule has 4 aromatic carbocycles. The quantitative estimate of drug-likeness (QED) is 0.151. The fraction of sp³-hybridized carbons (Fsp3) is 0.405. The molecular formula is C42H50N4O4. The van der Waals surface area contributed by atoms with Gasteiger partial charge in [0.05, 0.1) is 18.8 Å². The van der Waals surface area contributed by atoms with Crippen LogP contribution in [0.3, 0.4) is 0 Å². The van der Waals surface area contributed by atoms with E-state index in [1.165, 1.54) is 38.8 Å². The van der Waals surface area contributed by atoms with Gasteiger partial charge in [-0.25, -0.2) is 4.79 Å². The molecule has 7 rings (SSSR count). The molecule has 0 saturated carbocycles. The summed E-state index contributed by atoms with van der Waals surface area (Å²) >= 11 is 0. The average molecular weight is 675 g/mol. The van der Waals surface area contributed by atoms with Crippen LogP contribution in [0.15, 0.2) is 103 Å². The van der Waals surface area contributed by atoms with Gasteiger partial charge in [0.25, 0.3) is 0 Å². The van der Waals surface area contributed by atoms with E-state index in [9.17, 15) is 9.90 Å². The van der Waals surface area contributed by atoms with E-state index in [0.717, 1.165) is 65.0 Å². The van der Waals surface area contributed by atoms with Crippen LogP contribution in [0.4, 0.5) is 4.79 Å². The van der Waals surface area contributed by atoms with Crippen LogP contribution in [0.1, 0.15) is 72.3 Å². The summed E-state index contributed by atoms with van der Waals surface area (Å²) in [7, 11) is 0. The number of benzene rings is 4. The summed E-state index contributed by atoms with van der Waals surface area (Å²) in [6.45, 7) is 6.57. The Morgan fingerprint density at radius 2 is 1.42 bits per heavy atom. The number of rotatable bonds is 12. The van der Waals surface area contributed by atoms with Gasteiger partial charge in [-0.1, -0.05) is 91.0 Å². The Bertz CT molecular complexity index is 1680. The van der Waals surface area contributed by atoms with Crippen molar-refractivity contribution in [1.29, 1.82) is 0 Å². The molecular weight excluding hydrogens is 624 g/mol. The Morgan fingerprint density at radius 3 is 2.20 bits per heavy atom. The van der Waals surface area contributed by atoms with Crippen LogP contribution in [0.5, 0.6) is 0 Å². The Balaban J connectivity index is 1.04. The van der Waals surface area contributed by atoms with Crippen molar-refractivity contribution in [2.75, 3.05) is 32.7 Å². The lowest BCUT2D eigenvalue weighted by Gasteiger charge is -2.39. The highest BCUT2D eigenvalue weighted by Gasteiger charge is 2.36. The van der Waals surface area contributed by atoms with Gasteiger partial charge in [-0.2, -0.15) is 0 Å². The predicted octanol–water partition coefficient (Wildman–Crippen LogP) is 6.95. The molecule has 8 nitrogen and oxygen atoms in total. The number of urea groups is 1. The molecule has 0 radical (unpaired) electrons. The van der Waals surface area contributed by atoms with Gasteiger partial charge in [-0.15, -0.1) is 0 Å². The lowest BCUT2D eigenvalue weighted by molar-refractivity contribution is -0.253. The number of aliphatic hydroxyl groups is 1. The molecule has 0 aromatic heterocycles. The van der Waals surface area contributed by atoms with Crippen molar-refractivity contribution >= 4 is 6.03 Å². The summed E-state index contributed by atoms with van der Waals surface area (Å²) in [6.07, 6.45) is 5.33. The van der Waals surface area contributed by atoms with E-state index in [1.807, 2.05) is 54.6 Å². The van der Waals surface area contributed by atoms with Crippen LogP contribution in [-0.4, -0.2) is 65.8 Å². The van der Waals surface area contributed by atoms with Crippen molar-refractivity contribution in [3.8, 4) is 11.1 Å². The summed E-state index contributed by atoms with van der Waals surface area (Å²) in [5.74, 6) is 0. The third-order valence-electron chi connectivity index (χ3n) is 10.4. The number of nitrogens with one attached hydrogen (secondary N) is 2. The smallest absolute Gasteiger partial charge is 0.315 e. The summed E-state index contributed by atoms with van der Waals surface area (Å²) < 4.78 is 13.5. The van der Waals surface area contributed by atoms with Gasteiger partial charge in [0.1, 0.15) is 0 Å². The minimum atomic E-state index is -0.506. The van der Waals surface area contributed by atoms with E-state index in [4.69, 9.17) is 9.47 Å². The molecule has 3 N–H and O–H groups in total. The number of nitrogens with zero attached hydrogens (tertiary/aromatic N) is 2. The normalized spacial score (nSPS) is 22.8. The number of aliphatic hydroxyl groups excluding tert-OH is 1. The van der Waals surface area contributed by atoms with Crippen molar-refractivity contribution in [3.63, 3.8) is 0 Å². The van der Waals surface area contributed by atoms with E-state index >= 15 is 0 Å². The highest BCUT2D eigenvalue weighted by molar-refractivity contribution is 5.74. The van der Waals surface area contributed by atoms with Crippen molar-refractivity contribution in [2.24, 2.45) is 0 Å². The van der Waals surface area contributed by atoms with Crippen molar-refractivity contribution in [1.82, 2.24) is 20.4 Å². The van der Waals surface area contributed by atoms with E-state index in [2.05, 4.69) is 69.0 Å². The second-order valence-corrected chi connectivity index (χ2v) is 14.0. The molecule has 3 saturated heterocycles. The van der Waals surface area contributed by atoms with Gasteiger partial charge in [0, 0.05) is 44.2 Å². The predicted molar refractivity (Wildman–Crippen MR) is 196 cm³/mol. The summed E-state index contributed by atoms with van der Waals surface area (Å²) in [5.41, 5.74) is 7.22. The zero-order chi connectivity index (χ0) is 34.1. The third kappa shape index (κ3) is 8.99. The highest BCUT2D eigenvalue weighted by Crippen LogP contribution is 2.39. The number of ether oxygens (including phenoxy) is 2. The first-order valence-corrected chi connectivity index (χ1v) is 18.3. The Kier molecular flexibility index (Phi) is 11.5. The molecule has 4 atom stereocenters. The molecule has 3 fully saturated rings. The number of amides is 2. The van der Waals surface area contributed by atoms with Crippen LogP contribution in [0.2, 0.25) is 0 Å². The van der Waals surface area contributed by atoms with E-state index in [1.54, 1.807) is 0 Å². The number of likely N-dealkylation sites (tertiary alicyclic amines) is 2. The minimum Gasteiger partial charge on any atom is -0.392 e. The number of hydrogen-bond acceptors (Lipinski definition) is 6. The van der Waals surface area contributed by atoms with Crippen molar-refractivity contribution < 1.29 is 19.4 Å². The van der Waals surface area contributed by atoms with E-state index < -0.39 is 6.29 Å². The molecule has 50 heavy (non-hydrogen) atoms. The molecule has 2 amide bonds. The monoisotopic (exact) mass is 674 g/mol. The molecule has 0 aliphatic carbocycles. The molecule has 3 aliphatic heterocycles. The summed E-state index contributed by atoms with van der Waals surface area (Å²) in [5, 5.41) is 15.5. The van der Waals surface area contributed by atoms with Gasteiger partial charge in [0.2, 0.25) is 0 Å². The number of carbonyl (C=O) groups excluding carboxylic acids is 1. The maximum Gasteiger partial charge on any atom is 0.315 e. The van der Waals surface area contributed by atoms with Crippen LogP contribution in [-0.2, 0) is 29.2 Å². The Hall–Kier alpha value is -4.05. The zero-order valence-electron chi connectivity index (χ0n) is 28.9. The summed E-state index contributed by atoms with van der Waals surface area (Å²) in [4.78, 5) is 17.8. The van der Waals surface area contributed by atoms with E-state index in [0.29, 0.717) is 19.1 Å². The van der Waals surface area contributed by atoms with Crippen LogP contribution in [0.25, 0.3) is 11.1 Å². The van der Waals surface area contributed by atoms with Gasteiger partial charge >= 0.3 is 6.03 Å². The largest absolute Gasteiger partial charge is 0.392 e. The average Bonchev–Trinajstić information content (AvgIpc) is 3.86. The molecule has 4 aromatic rings. The molecule has 0 unspecified atom stereocenters. The van der Waals surface area contributed by atoms with Crippen molar-refractivity contribution in [2.45, 2.75) is 76.3 Å². The number of carbonyl (C=O) groups is 1. The third-order valence-corrected chi connectivity index (χ3v) is 10.4. The maximum atomic E-state index is 12.5. The number of hydrogen-bond donors (Lipinski definition) is 3. The highest BCUT2D eigenvalue weighted by atomic mass is 16.7. The van der Waals surface area contributed by atoms with Crippen LogP contribution < -0.4 is 10.6 Å². The minimum absolute atomic E-state index is 0.0268.